The van der Waals surface area contributed by atoms with Crippen molar-refractivity contribution in [3.05, 3.63) is 53.6 Å². The van der Waals surface area contributed by atoms with Crippen LogP contribution in [0.4, 0.5) is 0 Å². The highest BCUT2D eigenvalue weighted by atomic mass is 16.5. The van der Waals surface area contributed by atoms with Gasteiger partial charge in [-0.15, -0.1) is 0 Å². The number of amides is 1. The molecule has 0 bridgehead atoms. The molecule has 0 radical (unpaired) electrons. The molecule has 2 fully saturated rings. The molecule has 3 heterocycles. The van der Waals surface area contributed by atoms with Gasteiger partial charge < -0.3 is 29.3 Å². The molecule has 5 rings (SSSR count). The smallest absolute Gasteiger partial charge is 0.341 e. The van der Waals surface area contributed by atoms with Gasteiger partial charge >= 0.3 is 5.97 Å². The van der Waals surface area contributed by atoms with E-state index in [1.165, 1.54) is 0 Å². The fraction of sp³-hybridized carbons (Fsp3) is 0.440. The lowest BCUT2D eigenvalue weighted by Crippen LogP contribution is -2.54. The highest BCUT2D eigenvalue weighted by molar-refractivity contribution is 5.95. The number of hydrogen-bond donors (Lipinski definition) is 2. The number of carbonyl (C=O) groups is 2. The number of carbonyl (C=O) groups excluding carboxylic acids is 1. The van der Waals surface area contributed by atoms with Crippen LogP contribution in [0.15, 0.2) is 42.5 Å². The number of para-hydroxylation sites is 1. The molecule has 0 saturated carbocycles. The van der Waals surface area contributed by atoms with Crippen LogP contribution in [0, 0.1) is 5.92 Å². The van der Waals surface area contributed by atoms with Crippen molar-refractivity contribution in [3.63, 3.8) is 0 Å². The maximum absolute atomic E-state index is 13.4. The van der Waals surface area contributed by atoms with E-state index in [9.17, 15) is 14.7 Å². The van der Waals surface area contributed by atoms with Crippen molar-refractivity contribution in [2.45, 2.75) is 50.5 Å². The summed E-state index contributed by atoms with van der Waals surface area (Å²) in [7, 11) is 0. The number of aromatic hydroxyl groups is 1. The quantitative estimate of drug-likeness (QED) is 0.731. The van der Waals surface area contributed by atoms with Crippen molar-refractivity contribution >= 4 is 11.9 Å². The van der Waals surface area contributed by atoms with Crippen LogP contribution in [0.2, 0.25) is 0 Å². The molecule has 0 aliphatic carbocycles. The average Bonchev–Trinajstić information content (AvgIpc) is 3.20. The summed E-state index contributed by atoms with van der Waals surface area (Å²) in [5.41, 5.74) is 0.726. The first-order valence-electron chi connectivity index (χ1n) is 11.2. The second-order valence-electron chi connectivity index (χ2n) is 9.40. The minimum Gasteiger partial charge on any atom is -0.504 e. The number of fused-ring (bicyclic) bond motifs is 4. The monoisotopic (exact) mass is 453 g/mol. The van der Waals surface area contributed by atoms with Gasteiger partial charge in [0.2, 0.25) is 0 Å². The maximum atomic E-state index is 13.4. The zero-order chi connectivity index (χ0) is 23.3. The largest absolute Gasteiger partial charge is 0.504 e. The number of likely N-dealkylation sites (tertiary alicyclic amines) is 1. The maximum Gasteiger partial charge on any atom is 0.341 e. The molecule has 8 heteroatoms. The Balaban J connectivity index is 1.38. The fourth-order valence-corrected chi connectivity index (χ4v) is 5.37. The SMILES string of the molecule is CC1(C)Oc2c(O)cccc2[C@@H]2O[C@@H]3CCN(C(=O)c4cccc(OCC(=O)O)c4)[C@@H]3C[C@H]21. The van der Waals surface area contributed by atoms with E-state index < -0.39 is 18.2 Å². The van der Waals surface area contributed by atoms with E-state index in [-0.39, 0.29) is 35.8 Å². The van der Waals surface area contributed by atoms with Crippen LogP contribution in [0.1, 0.15) is 48.7 Å². The van der Waals surface area contributed by atoms with Gasteiger partial charge in [-0.1, -0.05) is 18.2 Å². The molecule has 174 valence electrons. The van der Waals surface area contributed by atoms with Crippen molar-refractivity contribution in [2.75, 3.05) is 13.2 Å². The second-order valence-corrected chi connectivity index (χ2v) is 9.40. The number of benzene rings is 2. The van der Waals surface area contributed by atoms with Crippen molar-refractivity contribution in [2.24, 2.45) is 5.92 Å². The van der Waals surface area contributed by atoms with Crippen LogP contribution in [-0.2, 0) is 9.53 Å². The Hall–Kier alpha value is -3.26. The number of phenolic OH excluding ortho intramolecular Hbond substituents is 1. The minimum absolute atomic E-state index is 0.00619. The Morgan fingerprint density at radius 1 is 1.21 bits per heavy atom. The van der Waals surface area contributed by atoms with Gasteiger partial charge in [0.15, 0.2) is 18.1 Å². The highest BCUT2D eigenvalue weighted by Crippen LogP contribution is 2.54. The van der Waals surface area contributed by atoms with Crippen molar-refractivity contribution in [1.82, 2.24) is 4.90 Å². The summed E-state index contributed by atoms with van der Waals surface area (Å²) < 4.78 is 18.0. The third kappa shape index (κ3) is 3.78. The van der Waals surface area contributed by atoms with Gasteiger partial charge in [-0.25, -0.2) is 4.79 Å². The summed E-state index contributed by atoms with van der Waals surface area (Å²) in [6, 6.07) is 11.9. The van der Waals surface area contributed by atoms with Crippen molar-refractivity contribution < 1.29 is 34.0 Å². The van der Waals surface area contributed by atoms with Crippen LogP contribution < -0.4 is 9.47 Å². The van der Waals surface area contributed by atoms with Gasteiger partial charge in [-0.05, 0) is 51.0 Å². The predicted octanol–water partition coefficient (Wildman–Crippen LogP) is 3.39. The van der Waals surface area contributed by atoms with E-state index >= 15 is 0 Å². The lowest BCUT2D eigenvalue weighted by atomic mass is 9.74. The summed E-state index contributed by atoms with van der Waals surface area (Å²) in [6.07, 6.45) is 1.13. The van der Waals surface area contributed by atoms with Crippen LogP contribution in [0.25, 0.3) is 0 Å². The lowest BCUT2D eigenvalue weighted by Gasteiger charge is -2.50. The zero-order valence-electron chi connectivity index (χ0n) is 18.6. The summed E-state index contributed by atoms with van der Waals surface area (Å²) in [5, 5.41) is 19.2. The molecular formula is C25H27NO7. The minimum atomic E-state index is -1.07. The molecule has 0 spiro atoms. The third-order valence-corrected chi connectivity index (χ3v) is 6.96. The zero-order valence-corrected chi connectivity index (χ0v) is 18.6. The van der Waals surface area contributed by atoms with Gasteiger partial charge in [0.25, 0.3) is 5.91 Å². The van der Waals surface area contributed by atoms with Crippen molar-refractivity contribution in [3.8, 4) is 17.2 Å². The number of nitrogens with zero attached hydrogens (tertiary/aromatic N) is 1. The third-order valence-electron chi connectivity index (χ3n) is 6.96. The number of hydrogen-bond acceptors (Lipinski definition) is 6. The van der Waals surface area contributed by atoms with Gasteiger partial charge in [-0.2, -0.15) is 0 Å². The van der Waals surface area contributed by atoms with Gasteiger partial charge in [0, 0.05) is 23.6 Å². The first-order valence-corrected chi connectivity index (χ1v) is 11.2. The van der Waals surface area contributed by atoms with Crippen LogP contribution in [0.5, 0.6) is 17.2 Å². The number of ether oxygens (including phenoxy) is 3. The number of carboxylic acid groups (broad SMARTS) is 1. The van der Waals surface area contributed by atoms with Crippen LogP contribution in [-0.4, -0.2) is 57.9 Å². The van der Waals surface area contributed by atoms with Gasteiger partial charge in [0.1, 0.15) is 11.4 Å². The van der Waals surface area contributed by atoms with E-state index in [0.717, 1.165) is 18.4 Å². The van der Waals surface area contributed by atoms with E-state index in [1.807, 2.05) is 24.8 Å². The van der Waals surface area contributed by atoms with E-state index in [1.54, 1.807) is 36.4 Å². The highest BCUT2D eigenvalue weighted by Gasteiger charge is 2.54. The molecule has 3 aliphatic heterocycles. The fourth-order valence-electron chi connectivity index (χ4n) is 5.37. The first kappa shape index (κ1) is 21.6. The summed E-state index contributed by atoms with van der Waals surface area (Å²) in [5.74, 6) is -0.263. The van der Waals surface area contributed by atoms with Crippen molar-refractivity contribution in [1.29, 1.82) is 0 Å². The number of phenols is 1. The van der Waals surface area contributed by atoms with Crippen LogP contribution >= 0.6 is 0 Å². The number of carboxylic acids is 1. The number of aliphatic carboxylic acids is 1. The van der Waals surface area contributed by atoms with E-state index in [2.05, 4.69) is 0 Å². The van der Waals surface area contributed by atoms with Gasteiger partial charge in [0.05, 0.1) is 18.2 Å². The van der Waals surface area contributed by atoms with Crippen LogP contribution in [0.3, 0.4) is 0 Å². The Bertz CT molecular complexity index is 1100. The lowest BCUT2D eigenvalue weighted by molar-refractivity contribution is -0.160. The Morgan fingerprint density at radius 2 is 2.00 bits per heavy atom. The standard InChI is InChI=1S/C25H27NO7/c1-25(2)17-12-18-20(32-22(17)16-7-4-8-19(27)23(16)33-25)9-10-26(18)24(30)14-5-3-6-15(11-14)31-13-21(28)29/h3-8,11,17-18,20,22,27H,9-10,12-13H2,1-2H3,(H,28,29)/t17-,18-,20-,22+/m1/s1. The molecule has 2 saturated heterocycles. The molecule has 1 amide bonds. The summed E-state index contributed by atoms with van der Waals surface area (Å²) >= 11 is 0. The normalized spacial score (nSPS) is 27.0. The Labute approximate surface area is 191 Å². The molecule has 33 heavy (non-hydrogen) atoms. The van der Waals surface area contributed by atoms with Gasteiger partial charge in [-0.3, -0.25) is 4.79 Å². The first-order chi connectivity index (χ1) is 15.7. The van der Waals surface area contributed by atoms with E-state index in [4.69, 9.17) is 19.3 Å². The second kappa shape index (κ2) is 7.95. The molecule has 3 aliphatic rings. The average molecular weight is 453 g/mol. The molecule has 4 atom stereocenters. The molecular weight excluding hydrogens is 426 g/mol. The molecule has 2 aromatic rings. The molecule has 8 nitrogen and oxygen atoms in total. The molecule has 2 aromatic carbocycles. The summed E-state index contributed by atoms with van der Waals surface area (Å²) in [4.78, 5) is 26.0. The molecule has 0 unspecified atom stereocenters. The summed E-state index contributed by atoms with van der Waals surface area (Å²) in [6.45, 7) is 4.10. The number of rotatable bonds is 4. The molecule has 2 N–H and O–H groups in total. The topological polar surface area (TPSA) is 106 Å². The predicted molar refractivity (Wildman–Crippen MR) is 118 cm³/mol. The Kier molecular flexibility index (Phi) is 5.20. The van der Waals surface area contributed by atoms with E-state index in [0.29, 0.717) is 23.6 Å². The Morgan fingerprint density at radius 3 is 2.79 bits per heavy atom. The molecule has 0 aromatic heterocycles.